The lowest BCUT2D eigenvalue weighted by molar-refractivity contribution is 0.0561. The molecule has 1 unspecified atom stereocenters. The molecule has 0 radical (unpaired) electrons. The van der Waals surface area contributed by atoms with Gasteiger partial charge in [-0.2, -0.15) is 0 Å². The van der Waals surface area contributed by atoms with Gasteiger partial charge in [0.2, 0.25) is 5.76 Å². The number of ether oxygens (including phenoxy) is 1. The van der Waals surface area contributed by atoms with E-state index < -0.39 is 5.97 Å². The number of hydrogen-bond donors (Lipinski definition) is 1. The van der Waals surface area contributed by atoms with Crippen LogP contribution in [0.3, 0.4) is 0 Å². The summed E-state index contributed by atoms with van der Waals surface area (Å²) in [5.74, 6) is 1.45. The van der Waals surface area contributed by atoms with Crippen LogP contribution in [0.4, 0.5) is 0 Å². The molecule has 19 heavy (non-hydrogen) atoms. The van der Waals surface area contributed by atoms with Gasteiger partial charge in [-0.25, -0.2) is 4.79 Å². The van der Waals surface area contributed by atoms with Gasteiger partial charge in [-0.3, -0.25) is 0 Å². The summed E-state index contributed by atoms with van der Waals surface area (Å²) in [4.78, 5) is 11.4. The molecule has 1 atom stereocenters. The van der Waals surface area contributed by atoms with E-state index >= 15 is 0 Å². The Morgan fingerprint density at radius 2 is 2.16 bits per heavy atom. The lowest BCUT2D eigenvalue weighted by Crippen LogP contribution is -2.20. The maximum atomic E-state index is 11.4. The van der Waals surface area contributed by atoms with Gasteiger partial charge < -0.3 is 14.5 Å². The standard InChI is InChI=1S/C15H23NO3/c1-16-12(10-11-6-4-3-5-7-11)13-8-9-14(19-13)15(17)18-2/h8-9,11-12,16H,3-7,10H2,1-2H3. The van der Waals surface area contributed by atoms with Crippen molar-refractivity contribution in [3.8, 4) is 0 Å². The summed E-state index contributed by atoms with van der Waals surface area (Å²) in [5.41, 5.74) is 0. The van der Waals surface area contributed by atoms with Gasteiger partial charge in [0.25, 0.3) is 0 Å². The van der Waals surface area contributed by atoms with Crippen molar-refractivity contribution in [3.05, 3.63) is 23.7 Å². The highest BCUT2D eigenvalue weighted by atomic mass is 16.5. The van der Waals surface area contributed by atoms with E-state index in [0.717, 1.165) is 18.1 Å². The fourth-order valence-electron chi connectivity index (χ4n) is 2.88. The lowest BCUT2D eigenvalue weighted by Gasteiger charge is -2.25. The zero-order valence-electron chi connectivity index (χ0n) is 11.8. The molecular formula is C15H23NO3. The number of nitrogens with one attached hydrogen (secondary N) is 1. The number of furan rings is 1. The third kappa shape index (κ3) is 3.60. The Hall–Kier alpha value is -1.29. The number of carbonyl (C=O) groups is 1. The van der Waals surface area contributed by atoms with Gasteiger partial charge in [-0.15, -0.1) is 0 Å². The minimum absolute atomic E-state index is 0.182. The number of esters is 1. The quantitative estimate of drug-likeness (QED) is 0.830. The molecule has 1 N–H and O–H groups in total. The third-order valence-electron chi connectivity index (χ3n) is 4.00. The van der Waals surface area contributed by atoms with Crippen LogP contribution in [-0.4, -0.2) is 20.1 Å². The highest BCUT2D eigenvalue weighted by Crippen LogP contribution is 2.32. The van der Waals surface area contributed by atoms with Crippen LogP contribution in [0.25, 0.3) is 0 Å². The van der Waals surface area contributed by atoms with E-state index in [1.54, 1.807) is 6.07 Å². The van der Waals surface area contributed by atoms with E-state index in [2.05, 4.69) is 10.1 Å². The highest BCUT2D eigenvalue weighted by Gasteiger charge is 2.22. The average molecular weight is 265 g/mol. The molecule has 1 aromatic rings. The van der Waals surface area contributed by atoms with Crippen molar-refractivity contribution in [1.82, 2.24) is 5.32 Å². The lowest BCUT2D eigenvalue weighted by atomic mass is 9.84. The summed E-state index contributed by atoms with van der Waals surface area (Å²) >= 11 is 0. The zero-order chi connectivity index (χ0) is 13.7. The maximum absolute atomic E-state index is 11.4. The van der Waals surface area contributed by atoms with E-state index in [0.29, 0.717) is 0 Å². The topological polar surface area (TPSA) is 51.5 Å². The van der Waals surface area contributed by atoms with Crippen molar-refractivity contribution in [1.29, 1.82) is 0 Å². The van der Waals surface area contributed by atoms with E-state index in [1.165, 1.54) is 39.2 Å². The molecule has 106 valence electrons. The van der Waals surface area contributed by atoms with Crippen LogP contribution in [0.1, 0.15) is 60.9 Å². The van der Waals surface area contributed by atoms with Gasteiger partial charge in [0.15, 0.2) is 0 Å². The fourth-order valence-corrected chi connectivity index (χ4v) is 2.88. The molecule has 1 aliphatic carbocycles. The average Bonchev–Trinajstić information content (AvgIpc) is 2.94. The second-order valence-electron chi connectivity index (χ2n) is 5.27. The molecule has 0 saturated heterocycles. The van der Waals surface area contributed by atoms with E-state index in [9.17, 15) is 4.79 Å². The van der Waals surface area contributed by atoms with Crippen LogP contribution in [0.15, 0.2) is 16.5 Å². The molecule has 0 amide bonds. The van der Waals surface area contributed by atoms with Crippen molar-refractivity contribution in [3.63, 3.8) is 0 Å². The Morgan fingerprint density at radius 1 is 1.42 bits per heavy atom. The van der Waals surface area contributed by atoms with Crippen LogP contribution in [0, 0.1) is 5.92 Å². The second kappa shape index (κ2) is 6.75. The minimum Gasteiger partial charge on any atom is -0.463 e. The van der Waals surface area contributed by atoms with Crippen LogP contribution >= 0.6 is 0 Å². The normalized spacial score (nSPS) is 18.2. The van der Waals surface area contributed by atoms with Crippen LogP contribution in [0.5, 0.6) is 0 Å². The summed E-state index contributed by atoms with van der Waals surface area (Å²) in [5, 5.41) is 3.29. The number of carbonyl (C=O) groups excluding carboxylic acids is 1. The Kier molecular flexibility index (Phi) is 5.02. The summed E-state index contributed by atoms with van der Waals surface area (Å²) in [7, 11) is 3.30. The van der Waals surface area contributed by atoms with Crippen LogP contribution in [0.2, 0.25) is 0 Å². The minimum atomic E-state index is -0.418. The predicted octanol–water partition coefficient (Wildman–Crippen LogP) is 3.30. The van der Waals surface area contributed by atoms with Crippen molar-refractivity contribution in [2.75, 3.05) is 14.2 Å². The van der Waals surface area contributed by atoms with Gasteiger partial charge in [-0.05, 0) is 31.5 Å². The summed E-state index contributed by atoms with van der Waals surface area (Å²) in [6.07, 6.45) is 7.74. The molecule has 0 bridgehead atoms. The maximum Gasteiger partial charge on any atom is 0.373 e. The SMILES string of the molecule is CNC(CC1CCCCC1)c1ccc(C(=O)OC)o1. The molecule has 0 spiro atoms. The predicted molar refractivity (Wildman–Crippen MR) is 73.0 cm³/mol. The molecule has 4 heteroatoms. The first-order chi connectivity index (χ1) is 9.24. The Bertz CT molecular complexity index is 407. The molecule has 0 aromatic carbocycles. The van der Waals surface area contributed by atoms with Crippen molar-refractivity contribution in [2.24, 2.45) is 5.92 Å². The van der Waals surface area contributed by atoms with E-state index in [1.807, 2.05) is 13.1 Å². The largest absolute Gasteiger partial charge is 0.463 e. The Labute approximate surface area is 114 Å². The molecule has 4 nitrogen and oxygen atoms in total. The second-order valence-corrected chi connectivity index (χ2v) is 5.27. The summed E-state index contributed by atoms with van der Waals surface area (Å²) in [6, 6.07) is 3.74. The smallest absolute Gasteiger partial charge is 0.373 e. The Morgan fingerprint density at radius 3 is 2.79 bits per heavy atom. The molecule has 1 saturated carbocycles. The van der Waals surface area contributed by atoms with Gasteiger partial charge in [-0.1, -0.05) is 32.1 Å². The number of methoxy groups -OCH3 is 1. The van der Waals surface area contributed by atoms with Crippen LogP contribution in [-0.2, 0) is 4.74 Å². The molecule has 1 aliphatic rings. The third-order valence-corrected chi connectivity index (χ3v) is 4.00. The van der Waals surface area contributed by atoms with Gasteiger partial charge in [0.1, 0.15) is 5.76 Å². The molecule has 1 fully saturated rings. The fraction of sp³-hybridized carbons (Fsp3) is 0.667. The molecule has 1 heterocycles. The van der Waals surface area contributed by atoms with Gasteiger partial charge in [0, 0.05) is 0 Å². The van der Waals surface area contributed by atoms with Gasteiger partial charge >= 0.3 is 5.97 Å². The zero-order valence-corrected chi connectivity index (χ0v) is 11.8. The van der Waals surface area contributed by atoms with E-state index in [-0.39, 0.29) is 11.8 Å². The van der Waals surface area contributed by atoms with Crippen molar-refractivity contribution in [2.45, 2.75) is 44.6 Å². The molecular weight excluding hydrogens is 242 g/mol. The molecule has 2 rings (SSSR count). The summed E-state index contributed by atoms with van der Waals surface area (Å²) < 4.78 is 10.3. The Balaban J connectivity index is 2.00. The summed E-state index contributed by atoms with van der Waals surface area (Å²) in [6.45, 7) is 0. The molecule has 1 aromatic heterocycles. The van der Waals surface area contributed by atoms with Crippen LogP contribution < -0.4 is 5.32 Å². The van der Waals surface area contributed by atoms with Gasteiger partial charge in [0.05, 0.1) is 13.2 Å². The first-order valence-corrected chi connectivity index (χ1v) is 7.10. The first-order valence-electron chi connectivity index (χ1n) is 7.10. The van der Waals surface area contributed by atoms with Crippen molar-refractivity contribution < 1.29 is 13.9 Å². The van der Waals surface area contributed by atoms with E-state index in [4.69, 9.17) is 4.42 Å². The first kappa shape index (κ1) is 14.1. The number of rotatable bonds is 5. The highest BCUT2D eigenvalue weighted by molar-refractivity contribution is 5.86. The van der Waals surface area contributed by atoms with Crippen molar-refractivity contribution >= 4 is 5.97 Å². The molecule has 0 aliphatic heterocycles. The number of hydrogen-bond acceptors (Lipinski definition) is 4. The monoisotopic (exact) mass is 265 g/mol.